The van der Waals surface area contributed by atoms with E-state index in [2.05, 4.69) is 0 Å². The van der Waals surface area contributed by atoms with Crippen LogP contribution in [0.2, 0.25) is 0 Å². The topological polar surface area (TPSA) is 38.8 Å². The fraction of sp³-hybridized carbons (Fsp3) is 0.720. The summed E-state index contributed by atoms with van der Waals surface area (Å²) in [4.78, 5) is 11.8. The van der Waals surface area contributed by atoms with Crippen molar-refractivity contribution in [2.75, 3.05) is 13.2 Å². The molecule has 158 valence electrons. The molecule has 0 radical (unpaired) electrons. The van der Waals surface area contributed by atoms with E-state index in [0.717, 1.165) is 19.4 Å². The van der Waals surface area contributed by atoms with Gasteiger partial charge in [0.1, 0.15) is 0 Å². The summed E-state index contributed by atoms with van der Waals surface area (Å²) in [5, 5.41) is 0. The lowest BCUT2D eigenvalue weighted by Crippen LogP contribution is -2.06. The van der Waals surface area contributed by atoms with Crippen LogP contribution in [0, 0.1) is 0 Å². The summed E-state index contributed by atoms with van der Waals surface area (Å²) in [6, 6.07) is 9.24. The Morgan fingerprint density at radius 2 is 1.21 bits per heavy atom. The average Bonchev–Trinajstić information content (AvgIpc) is 3.55. The second kappa shape index (κ2) is 15.6. The Morgan fingerprint density at radius 3 is 1.71 bits per heavy atom. The number of hydrogen-bond donors (Lipinski definition) is 0. The Hall–Kier alpha value is -1.35. The van der Waals surface area contributed by atoms with Crippen molar-refractivity contribution in [3.63, 3.8) is 0 Å². The molecule has 1 aliphatic heterocycles. The number of carbonyl (C=O) groups excluding carboxylic acids is 1. The standard InChI is InChI=1S/C25H40O3/c26-25(23-18-14-13-15-19-23)27-21-17-12-10-8-6-4-2-1-3-5-7-9-11-16-20-24-22-28-24/h13-15,18-19,24H,1-12,16-17,20-22H2. The quantitative estimate of drug-likeness (QED) is 0.153. The molecule has 0 N–H and O–H groups in total. The molecule has 0 aromatic heterocycles. The van der Waals surface area contributed by atoms with E-state index in [4.69, 9.17) is 9.47 Å². The van der Waals surface area contributed by atoms with Crippen LogP contribution in [0.4, 0.5) is 0 Å². The molecule has 1 heterocycles. The predicted octanol–water partition coefficient (Wildman–Crippen LogP) is 7.09. The second-order valence-electron chi connectivity index (χ2n) is 8.20. The Balaban J connectivity index is 1.24. The molecule has 1 aliphatic rings. The van der Waals surface area contributed by atoms with Gasteiger partial charge in [-0.05, 0) is 25.0 Å². The minimum atomic E-state index is -0.201. The zero-order valence-electron chi connectivity index (χ0n) is 17.7. The van der Waals surface area contributed by atoms with Crippen molar-refractivity contribution in [2.45, 2.75) is 102 Å². The summed E-state index contributed by atoms with van der Waals surface area (Å²) in [7, 11) is 0. The van der Waals surface area contributed by atoms with Crippen LogP contribution in [0.5, 0.6) is 0 Å². The average molecular weight is 389 g/mol. The molecule has 1 fully saturated rings. The van der Waals surface area contributed by atoms with E-state index in [9.17, 15) is 4.79 Å². The predicted molar refractivity (Wildman–Crippen MR) is 116 cm³/mol. The monoisotopic (exact) mass is 388 g/mol. The van der Waals surface area contributed by atoms with Crippen LogP contribution in [0.3, 0.4) is 0 Å². The normalized spacial score (nSPS) is 15.5. The lowest BCUT2D eigenvalue weighted by molar-refractivity contribution is 0.0497. The molecule has 1 unspecified atom stereocenters. The van der Waals surface area contributed by atoms with E-state index < -0.39 is 0 Å². The van der Waals surface area contributed by atoms with E-state index in [0.29, 0.717) is 18.3 Å². The lowest BCUT2D eigenvalue weighted by atomic mass is 10.0. The summed E-state index contributed by atoms with van der Waals surface area (Å²) < 4.78 is 10.5. The maximum atomic E-state index is 11.8. The highest BCUT2D eigenvalue weighted by Crippen LogP contribution is 2.18. The van der Waals surface area contributed by atoms with Crippen molar-refractivity contribution in [3.8, 4) is 0 Å². The molecule has 0 aliphatic carbocycles. The van der Waals surface area contributed by atoms with Crippen molar-refractivity contribution < 1.29 is 14.3 Å². The van der Waals surface area contributed by atoms with Gasteiger partial charge in [0.15, 0.2) is 0 Å². The molecule has 2 rings (SSSR count). The van der Waals surface area contributed by atoms with Crippen molar-refractivity contribution >= 4 is 5.97 Å². The first-order valence-electron chi connectivity index (χ1n) is 11.7. The van der Waals surface area contributed by atoms with Gasteiger partial charge in [-0.15, -0.1) is 0 Å². The summed E-state index contributed by atoms with van der Waals surface area (Å²) in [6.07, 6.45) is 20.6. The van der Waals surface area contributed by atoms with Gasteiger partial charge in [0.25, 0.3) is 0 Å². The molecule has 1 aromatic rings. The van der Waals surface area contributed by atoms with E-state index in [-0.39, 0.29) is 5.97 Å². The van der Waals surface area contributed by atoms with Gasteiger partial charge in [-0.1, -0.05) is 102 Å². The van der Waals surface area contributed by atoms with Gasteiger partial charge < -0.3 is 9.47 Å². The van der Waals surface area contributed by atoms with Crippen molar-refractivity contribution in [2.24, 2.45) is 0 Å². The molecular weight excluding hydrogens is 348 g/mol. The fourth-order valence-corrected chi connectivity index (χ4v) is 3.65. The SMILES string of the molecule is O=C(OCCCCCCCCCCCCCCCCC1CO1)c1ccccc1. The number of unbranched alkanes of at least 4 members (excludes halogenated alkanes) is 13. The second-order valence-corrected chi connectivity index (χ2v) is 8.20. The number of benzene rings is 1. The first-order valence-corrected chi connectivity index (χ1v) is 11.7. The number of rotatable bonds is 18. The highest BCUT2D eigenvalue weighted by Gasteiger charge is 2.20. The highest BCUT2D eigenvalue weighted by atomic mass is 16.6. The summed E-state index contributed by atoms with van der Waals surface area (Å²) in [5.41, 5.74) is 0.645. The number of carbonyl (C=O) groups is 1. The lowest BCUT2D eigenvalue weighted by Gasteiger charge is -2.05. The maximum absolute atomic E-state index is 11.8. The number of esters is 1. The summed E-state index contributed by atoms with van der Waals surface area (Å²) >= 11 is 0. The first-order chi connectivity index (χ1) is 13.9. The largest absolute Gasteiger partial charge is 0.462 e. The Kier molecular flexibility index (Phi) is 12.7. The molecule has 1 saturated heterocycles. The molecule has 28 heavy (non-hydrogen) atoms. The van der Waals surface area contributed by atoms with Crippen LogP contribution in [0.1, 0.15) is 107 Å². The van der Waals surface area contributed by atoms with Gasteiger partial charge in [-0.25, -0.2) is 4.79 Å². The third kappa shape index (κ3) is 12.2. The molecule has 3 nitrogen and oxygen atoms in total. The van der Waals surface area contributed by atoms with Crippen LogP contribution in [-0.2, 0) is 9.47 Å². The molecule has 1 atom stereocenters. The first kappa shape index (κ1) is 22.9. The van der Waals surface area contributed by atoms with Crippen LogP contribution in [0.15, 0.2) is 30.3 Å². The molecule has 0 bridgehead atoms. The molecular formula is C25H40O3. The van der Waals surface area contributed by atoms with E-state index in [1.165, 1.54) is 83.5 Å². The van der Waals surface area contributed by atoms with Gasteiger partial charge in [0.05, 0.1) is 24.9 Å². The number of epoxide rings is 1. The van der Waals surface area contributed by atoms with Crippen LogP contribution in [0.25, 0.3) is 0 Å². The Labute approximate surface area is 172 Å². The van der Waals surface area contributed by atoms with Gasteiger partial charge in [0.2, 0.25) is 0 Å². The molecule has 0 amide bonds. The molecule has 0 saturated carbocycles. The van der Waals surface area contributed by atoms with Gasteiger partial charge in [-0.3, -0.25) is 0 Å². The Bertz CT molecular complexity index is 496. The Morgan fingerprint density at radius 1 is 0.750 bits per heavy atom. The van der Waals surface area contributed by atoms with Crippen molar-refractivity contribution in [3.05, 3.63) is 35.9 Å². The van der Waals surface area contributed by atoms with Crippen molar-refractivity contribution in [1.82, 2.24) is 0 Å². The van der Waals surface area contributed by atoms with Gasteiger partial charge in [-0.2, -0.15) is 0 Å². The van der Waals surface area contributed by atoms with Crippen molar-refractivity contribution in [1.29, 1.82) is 0 Å². The van der Waals surface area contributed by atoms with Crippen LogP contribution in [-0.4, -0.2) is 25.3 Å². The van der Waals surface area contributed by atoms with Gasteiger partial charge in [0, 0.05) is 0 Å². The fourth-order valence-electron chi connectivity index (χ4n) is 3.65. The van der Waals surface area contributed by atoms with E-state index >= 15 is 0 Å². The molecule has 1 aromatic carbocycles. The zero-order valence-corrected chi connectivity index (χ0v) is 17.7. The maximum Gasteiger partial charge on any atom is 0.338 e. The van der Waals surface area contributed by atoms with E-state index in [1.807, 2.05) is 18.2 Å². The molecule has 0 spiro atoms. The van der Waals surface area contributed by atoms with Crippen LogP contribution < -0.4 is 0 Å². The zero-order chi connectivity index (χ0) is 19.7. The minimum Gasteiger partial charge on any atom is -0.462 e. The van der Waals surface area contributed by atoms with Gasteiger partial charge >= 0.3 is 5.97 Å². The molecule has 3 heteroatoms. The number of hydrogen-bond acceptors (Lipinski definition) is 3. The third-order valence-electron chi connectivity index (χ3n) is 5.57. The third-order valence-corrected chi connectivity index (χ3v) is 5.57. The highest BCUT2D eigenvalue weighted by molar-refractivity contribution is 5.89. The number of ether oxygens (including phenoxy) is 2. The van der Waals surface area contributed by atoms with Crippen LogP contribution >= 0.6 is 0 Å². The summed E-state index contributed by atoms with van der Waals surface area (Å²) in [6.45, 7) is 1.56. The minimum absolute atomic E-state index is 0.201. The van der Waals surface area contributed by atoms with E-state index in [1.54, 1.807) is 12.1 Å². The summed E-state index contributed by atoms with van der Waals surface area (Å²) in [5.74, 6) is -0.201. The smallest absolute Gasteiger partial charge is 0.338 e.